The van der Waals surface area contributed by atoms with Gasteiger partial charge in [0.2, 0.25) is 5.82 Å². The van der Waals surface area contributed by atoms with Crippen LogP contribution in [0.1, 0.15) is 55.5 Å². The maximum Gasteiger partial charge on any atom is 0.274 e. The fraction of sp³-hybridized carbons (Fsp3) is 0.290. The van der Waals surface area contributed by atoms with Gasteiger partial charge in [0.1, 0.15) is 11.5 Å². The number of nitrogens with zero attached hydrogens (tertiary/aromatic N) is 8. The molecule has 0 radical (unpaired) electrons. The standard InChI is InChI=1S/C31H34N8O2/c1-4-7-15-29-32-27(31(40)37(5-2)6-3)21-38(29)20-22-16-17-24(26(19-22)28-14-10-11-18-39(28)41)23-12-8-9-13-25(23)30-33-35-36-34-30/h8-14,16-19,21,41H,4-7,15,20H2,1-3H3. The van der Waals surface area contributed by atoms with Crippen molar-refractivity contribution in [2.45, 2.75) is 46.6 Å². The minimum atomic E-state index is -0.0524. The van der Waals surface area contributed by atoms with Crippen molar-refractivity contribution < 1.29 is 10.0 Å². The molecule has 2 aliphatic heterocycles. The number of allylic oxidation sites excluding steroid dienone is 2. The summed E-state index contributed by atoms with van der Waals surface area (Å²) in [4.78, 5) is 19.7. The molecule has 0 fully saturated rings. The smallest absolute Gasteiger partial charge is 0.274 e. The van der Waals surface area contributed by atoms with Gasteiger partial charge < -0.3 is 9.47 Å². The Bertz CT molecular complexity index is 1770. The molecule has 0 saturated carbocycles. The fourth-order valence-electron chi connectivity index (χ4n) is 5.05. The lowest BCUT2D eigenvalue weighted by Crippen LogP contribution is -2.30. The zero-order chi connectivity index (χ0) is 28.8. The van der Waals surface area contributed by atoms with E-state index in [1.165, 1.54) is 0 Å². The predicted octanol–water partition coefficient (Wildman–Crippen LogP) is 4.82. The van der Waals surface area contributed by atoms with Crippen LogP contribution in [0.2, 0.25) is 0 Å². The summed E-state index contributed by atoms with van der Waals surface area (Å²) < 4.78 is 2.08. The van der Waals surface area contributed by atoms with Crippen molar-refractivity contribution in [3.8, 4) is 0 Å². The first-order chi connectivity index (χ1) is 20.0. The van der Waals surface area contributed by atoms with Gasteiger partial charge in [0.25, 0.3) is 5.91 Å². The number of hydrogen-bond acceptors (Lipinski definition) is 8. The van der Waals surface area contributed by atoms with Crippen LogP contribution in [0.3, 0.4) is 0 Å². The van der Waals surface area contributed by atoms with E-state index in [1.54, 1.807) is 17.2 Å². The zero-order valence-corrected chi connectivity index (χ0v) is 23.6. The molecule has 0 unspecified atom stereocenters. The summed E-state index contributed by atoms with van der Waals surface area (Å²) >= 11 is 0. The summed E-state index contributed by atoms with van der Waals surface area (Å²) in [5.74, 6) is 1.28. The Hall–Kier alpha value is -4.70. The van der Waals surface area contributed by atoms with E-state index in [0.717, 1.165) is 56.6 Å². The van der Waals surface area contributed by atoms with Gasteiger partial charge in [-0.25, -0.2) is 10.0 Å². The van der Waals surface area contributed by atoms with E-state index in [9.17, 15) is 10.0 Å². The Labute approximate surface area is 238 Å². The maximum absolute atomic E-state index is 13.1. The van der Waals surface area contributed by atoms with Crippen LogP contribution in [0, 0.1) is 10.4 Å². The Balaban J connectivity index is 1.70. The average Bonchev–Trinajstić information content (AvgIpc) is 3.68. The summed E-state index contributed by atoms with van der Waals surface area (Å²) in [6, 6.07) is 14.0. The lowest BCUT2D eigenvalue weighted by molar-refractivity contribution is 0.0241. The van der Waals surface area contributed by atoms with Crippen LogP contribution >= 0.6 is 0 Å². The predicted molar refractivity (Wildman–Crippen MR) is 155 cm³/mol. The average molecular weight is 551 g/mol. The summed E-state index contributed by atoms with van der Waals surface area (Å²) in [6.07, 6.45) is 11.8. The van der Waals surface area contributed by atoms with Crippen LogP contribution in [-0.4, -0.2) is 43.7 Å². The number of hydroxylamine groups is 2. The van der Waals surface area contributed by atoms with E-state index in [1.807, 2.05) is 62.5 Å². The number of imidazole rings is 1. The van der Waals surface area contributed by atoms with Crippen LogP contribution < -0.4 is 10.4 Å². The number of carbonyl (C=O) groups is 1. The molecule has 3 aromatic rings. The molecular formula is C31H34N8O2. The molecular weight excluding hydrogens is 516 g/mol. The molecule has 2 aliphatic rings. The molecule has 2 aromatic carbocycles. The van der Waals surface area contributed by atoms with E-state index < -0.39 is 0 Å². The second kappa shape index (κ2) is 12.6. The normalized spacial score (nSPS) is 16.2. The molecule has 5 rings (SSSR count). The molecule has 41 heavy (non-hydrogen) atoms. The van der Waals surface area contributed by atoms with Crippen LogP contribution in [0.15, 0.2) is 93.8 Å². The third-order valence-corrected chi connectivity index (χ3v) is 7.21. The maximum atomic E-state index is 13.1. The first kappa shape index (κ1) is 27.9. The van der Waals surface area contributed by atoms with Gasteiger partial charge in [0.05, 0.1) is 5.70 Å². The lowest BCUT2D eigenvalue weighted by atomic mass is 10.1. The highest BCUT2D eigenvalue weighted by Crippen LogP contribution is 2.15. The van der Waals surface area contributed by atoms with Crippen molar-refractivity contribution in [1.82, 2.24) is 19.5 Å². The monoisotopic (exact) mass is 550 g/mol. The van der Waals surface area contributed by atoms with Gasteiger partial charge in [-0.1, -0.05) is 55.8 Å². The van der Waals surface area contributed by atoms with E-state index >= 15 is 0 Å². The molecule has 0 atom stereocenters. The number of aryl methyl sites for hydroxylation is 1. The Morgan fingerprint density at radius 3 is 2.37 bits per heavy atom. The first-order valence-electron chi connectivity index (χ1n) is 14.0. The van der Waals surface area contributed by atoms with Crippen molar-refractivity contribution >= 4 is 17.4 Å². The van der Waals surface area contributed by atoms with Gasteiger partial charge in [0.15, 0.2) is 0 Å². The molecule has 0 aliphatic carbocycles. The highest BCUT2D eigenvalue weighted by Gasteiger charge is 2.19. The third-order valence-electron chi connectivity index (χ3n) is 7.21. The molecule has 210 valence electrons. The number of carbonyl (C=O) groups excluding carboxylic acids is 1. The van der Waals surface area contributed by atoms with Crippen molar-refractivity contribution in [3.05, 3.63) is 111 Å². The molecule has 3 heterocycles. The highest BCUT2D eigenvalue weighted by molar-refractivity contribution is 5.92. The Morgan fingerprint density at radius 1 is 0.927 bits per heavy atom. The molecule has 0 saturated heterocycles. The van der Waals surface area contributed by atoms with Gasteiger partial charge in [-0.15, -0.1) is 10.2 Å². The quantitative estimate of drug-likeness (QED) is 0.433. The van der Waals surface area contributed by atoms with E-state index in [0.29, 0.717) is 36.8 Å². The molecule has 1 amide bonds. The van der Waals surface area contributed by atoms with Crippen LogP contribution in [0.25, 0.3) is 11.5 Å². The summed E-state index contributed by atoms with van der Waals surface area (Å²) in [5, 5.41) is 30.8. The van der Waals surface area contributed by atoms with Crippen molar-refractivity contribution in [2.75, 3.05) is 13.1 Å². The molecule has 10 nitrogen and oxygen atoms in total. The number of benzene rings is 2. The van der Waals surface area contributed by atoms with Crippen molar-refractivity contribution in [1.29, 1.82) is 0 Å². The van der Waals surface area contributed by atoms with Gasteiger partial charge in [-0.05, 0) is 64.9 Å². The molecule has 1 aromatic heterocycles. The summed E-state index contributed by atoms with van der Waals surface area (Å²) in [5.41, 5.74) is 2.11. The summed E-state index contributed by atoms with van der Waals surface area (Å²) in [6.45, 7) is 7.91. The van der Waals surface area contributed by atoms with Crippen LogP contribution in [0.5, 0.6) is 0 Å². The van der Waals surface area contributed by atoms with Gasteiger partial charge in [0, 0.05) is 48.9 Å². The van der Waals surface area contributed by atoms with Crippen molar-refractivity contribution in [3.63, 3.8) is 0 Å². The fourth-order valence-corrected chi connectivity index (χ4v) is 5.05. The van der Waals surface area contributed by atoms with Crippen LogP contribution in [-0.2, 0) is 13.0 Å². The SMILES string of the molecule is CCCCc1nc(C(=O)N(CC)CC)cn1Cc1ccc(=c2ccccc2=C2N=NN=N2)c(=C2C=CC=CN2O)c1. The number of aromatic nitrogens is 2. The van der Waals surface area contributed by atoms with Gasteiger partial charge in [-0.3, -0.25) is 10.0 Å². The molecule has 0 spiro atoms. The number of rotatable bonds is 8. The van der Waals surface area contributed by atoms with Crippen LogP contribution in [0.4, 0.5) is 0 Å². The number of unbranched alkanes of at least 4 members (excludes halogenated alkanes) is 1. The summed E-state index contributed by atoms with van der Waals surface area (Å²) in [7, 11) is 0. The second-order valence-corrected chi connectivity index (χ2v) is 9.81. The lowest BCUT2D eigenvalue weighted by Gasteiger charge is -2.17. The number of hydrogen-bond donors (Lipinski definition) is 1. The second-order valence-electron chi connectivity index (χ2n) is 9.81. The Kier molecular flexibility index (Phi) is 8.59. The third kappa shape index (κ3) is 5.92. The molecule has 10 heteroatoms. The largest absolute Gasteiger partial charge is 0.338 e. The minimum Gasteiger partial charge on any atom is -0.338 e. The topological polar surface area (TPSA) is 111 Å². The van der Waals surface area contributed by atoms with E-state index in [4.69, 9.17) is 4.98 Å². The molecule has 1 N–H and O–H groups in total. The molecule has 0 bridgehead atoms. The van der Waals surface area contributed by atoms with E-state index in [-0.39, 0.29) is 5.91 Å². The van der Waals surface area contributed by atoms with Crippen molar-refractivity contribution in [2.24, 2.45) is 20.7 Å². The van der Waals surface area contributed by atoms with Gasteiger partial charge in [-0.2, -0.15) is 0 Å². The zero-order valence-electron chi connectivity index (χ0n) is 23.6. The van der Waals surface area contributed by atoms with E-state index in [2.05, 4.69) is 44.3 Å². The minimum absolute atomic E-state index is 0.0524. The Morgan fingerprint density at radius 2 is 1.66 bits per heavy atom. The first-order valence-corrected chi connectivity index (χ1v) is 14.0. The highest BCUT2D eigenvalue weighted by atomic mass is 16.5. The van der Waals surface area contributed by atoms with Gasteiger partial charge >= 0.3 is 0 Å². The number of amides is 1.